The van der Waals surface area contributed by atoms with Crippen LogP contribution in [0.3, 0.4) is 0 Å². The maximum atomic E-state index is 2.33. The van der Waals surface area contributed by atoms with Crippen molar-refractivity contribution in [2.24, 2.45) is 0 Å². The molecule has 2 heteroatoms. The van der Waals surface area contributed by atoms with Crippen LogP contribution in [0.5, 0.6) is 0 Å². The quantitative estimate of drug-likeness (QED) is 0.341. The Morgan fingerprint density at radius 1 is 0.385 bits per heavy atom. The molecule has 0 amide bonds. The highest BCUT2D eigenvalue weighted by Crippen LogP contribution is 2.39. The molecule has 122 valence electrons. The molecule has 0 aliphatic heterocycles. The van der Waals surface area contributed by atoms with Gasteiger partial charge in [-0.1, -0.05) is 60.7 Å². The normalized spacial score (nSPS) is 11.8. The third-order valence-electron chi connectivity index (χ3n) is 5.34. The van der Waals surface area contributed by atoms with Crippen molar-refractivity contribution in [2.75, 3.05) is 0 Å². The van der Waals surface area contributed by atoms with E-state index in [0.29, 0.717) is 0 Å². The molecule has 0 aliphatic rings. The van der Waals surface area contributed by atoms with Crippen molar-refractivity contribution < 1.29 is 0 Å². The van der Waals surface area contributed by atoms with Gasteiger partial charge < -0.3 is 8.80 Å². The fourth-order valence-electron chi connectivity index (χ4n) is 4.28. The van der Waals surface area contributed by atoms with Crippen LogP contribution >= 0.6 is 0 Å². The molecule has 6 aromatic rings. The third kappa shape index (κ3) is 1.66. The maximum Gasteiger partial charge on any atom is 0.0783 e. The van der Waals surface area contributed by atoms with Crippen molar-refractivity contribution in [3.63, 3.8) is 0 Å². The van der Waals surface area contributed by atoms with E-state index in [2.05, 4.69) is 106 Å². The van der Waals surface area contributed by atoms with E-state index in [0.717, 1.165) is 0 Å². The molecule has 0 saturated heterocycles. The molecule has 0 spiro atoms. The minimum atomic E-state index is 1.24. The molecular formula is C24H16N2. The van der Waals surface area contributed by atoms with Gasteiger partial charge in [-0.3, -0.25) is 0 Å². The van der Waals surface area contributed by atoms with Gasteiger partial charge in [0, 0.05) is 33.9 Å². The van der Waals surface area contributed by atoms with Crippen LogP contribution in [0.15, 0.2) is 97.3 Å². The summed E-state index contributed by atoms with van der Waals surface area (Å²) in [5.41, 5.74) is 4.98. The second kappa shape index (κ2) is 4.99. The Morgan fingerprint density at radius 2 is 0.769 bits per heavy atom. The lowest BCUT2D eigenvalue weighted by Crippen LogP contribution is -1.92. The molecule has 0 N–H and O–H groups in total. The van der Waals surface area contributed by atoms with E-state index >= 15 is 0 Å². The molecule has 26 heavy (non-hydrogen) atoms. The Labute approximate surface area is 150 Å². The number of hydrogen-bond donors (Lipinski definition) is 0. The van der Waals surface area contributed by atoms with Crippen LogP contribution < -0.4 is 0 Å². The summed E-state index contributed by atoms with van der Waals surface area (Å²) >= 11 is 0. The van der Waals surface area contributed by atoms with Crippen molar-refractivity contribution in [1.82, 2.24) is 8.80 Å². The van der Waals surface area contributed by atoms with Gasteiger partial charge in [0.1, 0.15) is 0 Å². The van der Waals surface area contributed by atoms with Crippen LogP contribution in [0.1, 0.15) is 0 Å². The average molecular weight is 332 g/mol. The van der Waals surface area contributed by atoms with Gasteiger partial charge >= 0.3 is 0 Å². The monoisotopic (exact) mass is 332 g/mol. The van der Waals surface area contributed by atoms with E-state index < -0.39 is 0 Å². The molecule has 4 heterocycles. The largest absolute Gasteiger partial charge is 0.314 e. The van der Waals surface area contributed by atoms with E-state index in [1.807, 2.05) is 0 Å². The summed E-state index contributed by atoms with van der Waals surface area (Å²) in [6, 6.07) is 30.2. The Bertz CT molecular complexity index is 1210. The summed E-state index contributed by atoms with van der Waals surface area (Å²) in [7, 11) is 0. The molecule has 0 saturated carbocycles. The molecule has 2 aromatic carbocycles. The number of rotatable bonds is 1. The maximum absolute atomic E-state index is 2.33. The summed E-state index contributed by atoms with van der Waals surface area (Å²) in [5.74, 6) is 0. The van der Waals surface area contributed by atoms with Crippen LogP contribution in [-0.2, 0) is 0 Å². The third-order valence-corrected chi connectivity index (χ3v) is 5.34. The first kappa shape index (κ1) is 13.7. The second-order valence-electron chi connectivity index (χ2n) is 6.70. The Kier molecular flexibility index (Phi) is 2.64. The first-order valence-corrected chi connectivity index (χ1v) is 8.89. The Balaban J connectivity index is 1.93. The summed E-state index contributed by atoms with van der Waals surface area (Å²) in [6.07, 6.45) is 4.34. The second-order valence-corrected chi connectivity index (χ2v) is 6.70. The lowest BCUT2D eigenvalue weighted by atomic mass is 10.1. The highest BCUT2D eigenvalue weighted by Gasteiger charge is 2.19. The van der Waals surface area contributed by atoms with Crippen LogP contribution in [0.2, 0.25) is 0 Å². The molecule has 0 unspecified atom stereocenters. The lowest BCUT2D eigenvalue weighted by Gasteiger charge is -2.06. The zero-order valence-electron chi connectivity index (χ0n) is 14.1. The fourth-order valence-corrected chi connectivity index (χ4v) is 4.28. The van der Waals surface area contributed by atoms with Crippen molar-refractivity contribution in [2.45, 2.75) is 0 Å². The predicted octanol–water partition coefficient (Wildman–Crippen LogP) is 6.17. The molecule has 6 rings (SSSR count). The fraction of sp³-hybridized carbons (Fsp3) is 0. The molecule has 4 aromatic heterocycles. The van der Waals surface area contributed by atoms with E-state index in [9.17, 15) is 0 Å². The van der Waals surface area contributed by atoms with Crippen LogP contribution in [0.4, 0.5) is 0 Å². The average Bonchev–Trinajstić information content (AvgIpc) is 3.21. The molecule has 0 radical (unpaired) electrons. The summed E-state index contributed by atoms with van der Waals surface area (Å²) in [4.78, 5) is 0. The van der Waals surface area contributed by atoms with Gasteiger partial charge in [-0.2, -0.15) is 0 Å². The molecule has 0 fully saturated rings. The van der Waals surface area contributed by atoms with Crippen molar-refractivity contribution >= 4 is 32.6 Å². The van der Waals surface area contributed by atoms with Crippen LogP contribution in [-0.4, -0.2) is 8.80 Å². The van der Waals surface area contributed by atoms with Crippen molar-refractivity contribution in [3.8, 4) is 11.4 Å². The number of hydrogen-bond acceptors (Lipinski definition) is 0. The van der Waals surface area contributed by atoms with Crippen molar-refractivity contribution in [3.05, 3.63) is 97.3 Å². The SMILES string of the molecule is c1ccc2c(c1)c(-c1c3ccccc3c3ccccn13)n1ccccc21. The van der Waals surface area contributed by atoms with Crippen molar-refractivity contribution in [1.29, 1.82) is 0 Å². The minimum Gasteiger partial charge on any atom is -0.314 e. The first-order chi connectivity index (χ1) is 12.9. The lowest BCUT2D eigenvalue weighted by molar-refractivity contribution is 1.15. The van der Waals surface area contributed by atoms with Gasteiger partial charge in [-0.15, -0.1) is 0 Å². The zero-order valence-corrected chi connectivity index (χ0v) is 14.1. The van der Waals surface area contributed by atoms with Gasteiger partial charge in [0.15, 0.2) is 0 Å². The molecule has 0 bridgehead atoms. The zero-order chi connectivity index (χ0) is 17.1. The number of aromatic nitrogens is 2. The molecule has 0 atom stereocenters. The summed E-state index contributed by atoms with van der Waals surface area (Å²) < 4.78 is 4.65. The first-order valence-electron chi connectivity index (χ1n) is 8.89. The van der Waals surface area contributed by atoms with Gasteiger partial charge in [-0.25, -0.2) is 0 Å². The Hall–Kier alpha value is -3.52. The number of fused-ring (bicyclic) bond motifs is 6. The van der Waals surface area contributed by atoms with Gasteiger partial charge in [-0.05, 0) is 24.3 Å². The standard InChI is InChI=1S/C24H16N2/c1-3-11-19-17(9-1)21-13-5-7-15-25(21)23(19)24-20-12-4-2-10-18(20)22-14-6-8-16-26(22)24/h1-16H. The number of nitrogens with zero attached hydrogens (tertiary/aromatic N) is 2. The topological polar surface area (TPSA) is 8.82 Å². The Morgan fingerprint density at radius 3 is 1.23 bits per heavy atom. The van der Waals surface area contributed by atoms with Crippen LogP contribution in [0.25, 0.3) is 44.0 Å². The van der Waals surface area contributed by atoms with Crippen LogP contribution in [0, 0.1) is 0 Å². The predicted molar refractivity (Wildman–Crippen MR) is 109 cm³/mol. The number of pyridine rings is 2. The van der Waals surface area contributed by atoms with E-state index in [1.165, 1.54) is 44.0 Å². The molecule has 2 nitrogen and oxygen atoms in total. The minimum absolute atomic E-state index is 1.24. The van der Waals surface area contributed by atoms with E-state index in [4.69, 9.17) is 0 Å². The summed E-state index contributed by atoms with van der Waals surface area (Å²) in [5, 5.41) is 5.15. The van der Waals surface area contributed by atoms with Gasteiger partial charge in [0.25, 0.3) is 0 Å². The van der Waals surface area contributed by atoms with E-state index in [-0.39, 0.29) is 0 Å². The smallest absolute Gasteiger partial charge is 0.0783 e. The number of benzene rings is 2. The van der Waals surface area contributed by atoms with Gasteiger partial charge in [0.05, 0.1) is 22.4 Å². The molecular weight excluding hydrogens is 316 g/mol. The highest BCUT2D eigenvalue weighted by molar-refractivity contribution is 6.13. The highest BCUT2D eigenvalue weighted by atomic mass is 15.0. The van der Waals surface area contributed by atoms with Gasteiger partial charge in [0.2, 0.25) is 0 Å². The van der Waals surface area contributed by atoms with E-state index in [1.54, 1.807) is 0 Å². The summed E-state index contributed by atoms with van der Waals surface area (Å²) in [6.45, 7) is 0. The molecule has 0 aliphatic carbocycles.